The monoisotopic (exact) mass is 476 g/mol. The largest absolute Gasteiger partial charge is 0.326 e. The topological polar surface area (TPSA) is 75.3 Å². The number of rotatable bonds is 7. The van der Waals surface area contributed by atoms with E-state index in [9.17, 15) is 13.2 Å². The number of hydrogen-bond donors (Lipinski definition) is 2. The van der Waals surface area contributed by atoms with E-state index in [1.54, 1.807) is 30.3 Å². The zero-order chi connectivity index (χ0) is 23.3. The van der Waals surface area contributed by atoms with Crippen molar-refractivity contribution in [2.45, 2.75) is 11.3 Å². The molecule has 166 valence electrons. The van der Waals surface area contributed by atoms with E-state index in [0.29, 0.717) is 16.4 Å². The summed E-state index contributed by atoms with van der Waals surface area (Å²) in [6, 6.07) is 30.3. The molecule has 7 heteroatoms. The summed E-state index contributed by atoms with van der Waals surface area (Å²) in [6.07, 6.45) is 0.214. The molecule has 0 aliphatic heterocycles. The summed E-state index contributed by atoms with van der Waals surface area (Å²) in [6.45, 7) is 0. The van der Waals surface area contributed by atoms with Crippen molar-refractivity contribution in [1.82, 2.24) is 0 Å². The highest BCUT2D eigenvalue weighted by atomic mass is 35.5. The van der Waals surface area contributed by atoms with E-state index >= 15 is 0 Å². The number of nitrogens with one attached hydrogen (secondary N) is 2. The molecule has 0 aromatic heterocycles. The highest BCUT2D eigenvalue weighted by Gasteiger charge is 2.14. The number of halogens is 1. The molecule has 33 heavy (non-hydrogen) atoms. The standard InChI is InChI=1S/C26H21ClN2O3S/c27-22-7-4-8-24(18-22)29-33(31,32)25-15-13-23(14-16-25)28-26(30)17-19-9-11-21(12-10-19)20-5-2-1-3-6-20/h1-16,18,29H,17H2,(H,28,30). The van der Waals surface area contributed by atoms with Crippen molar-refractivity contribution in [3.05, 3.63) is 114 Å². The molecule has 0 heterocycles. The Hall–Kier alpha value is -3.61. The third-order valence-electron chi connectivity index (χ3n) is 4.95. The second-order valence-corrected chi connectivity index (χ2v) is 9.55. The number of hydrogen-bond acceptors (Lipinski definition) is 3. The zero-order valence-corrected chi connectivity index (χ0v) is 19.1. The van der Waals surface area contributed by atoms with Crippen LogP contribution >= 0.6 is 11.6 Å². The molecular weight excluding hydrogens is 456 g/mol. The molecule has 0 saturated carbocycles. The van der Waals surface area contributed by atoms with Crippen LogP contribution in [0.15, 0.2) is 108 Å². The van der Waals surface area contributed by atoms with Crippen molar-refractivity contribution in [1.29, 1.82) is 0 Å². The van der Waals surface area contributed by atoms with Crippen molar-refractivity contribution in [3.63, 3.8) is 0 Å². The summed E-state index contributed by atoms with van der Waals surface area (Å²) in [5, 5.41) is 3.23. The number of carbonyl (C=O) groups is 1. The molecule has 0 aliphatic rings. The normalized spacial score (nSPS) is 11.1. The van der Waals surface area contributed by atoms with Crippen LogP contribution in [0.25, 0.3) is 11.1 Å². The number of anilines is 2. The van der Waals surface area contributed by atoms with Gasteiger partial charge in [0, 0.05) is 10.7 Å². The van der Waals surface area contributed by atoms with Crippen LogP contribution in [0.5, 0.6) is 0 Å². The second kappa shape index (κ2) is 9.90. The van der Waals surface area contributed by atoms with Gasteiger partial charge in [0.15, 0.2) is 0 Å². The minimum Gasteiger partial charge on any atom is -0.326 e. The highest BCUT2D eigenvalue weighted by Crippen LogP contribution is 2.22. The van der Waals surface area contributed by atoms with Crippen molar-refractivity contribution in [2.75, 3.05) is 10.0 Å². The lowest BCUT2D eigenvalue weighted by Gasteiger charge is -2.10. The van der Waals surface area contributed by atoms with Gasteiger partial charge in [0.05, 0.1) is 17.0 Å². The van der Waals surface area contributed by atoms with Gasteiger partial charge in [-0.25, -0.2) is 8.42 Å². The number of sulfonamides is 1. The van der Waals surface area contributed by atoms with Crippen LogP contribution in [-0.2, 0) is 21.2 Å². The predicted molar refractivity (Wildman–Crippen MR) is 133 cm³/mol. The van der Waals surface area contributed by atoms with E-state index in [-0.39, 0.29) is 17.2 Å². The lowest BCUT2D eigenvalue weighted by molar-refractivity contribution is -0.115. The SMILES string of the molecule is O=C(Cc1ccc(-c2ccccc2)cc1)Nc1ccc(S(=O)(=O)Nc2cccc(Cl)c2)cc1. The Balaban J connectivity index is 1.37. The van der Waals surface area contributed by atoms with Crippen LogP contribution in [0.2, 0.25) is 5.02 Å². The number of amides is 1. The fourth-order valence-electron chi connectivity index (χ4n) is 3.32. The molecule has 0 aliphatic carbocycles. The molecule has 5 nitrogen and oxygen atoms in total. The molecule has 0 atom stereocenters. The van der Waals surface area contributed by atoms with Crippen molar-refractivity contribution < 1.29 is 13.2 Å². The smallest absolute Gasteiger partial charge is 0.261 e. The van der Waals surface area contributed by atoms with Crippen LogP contribution in [0.3, 0.4) is 0 Å². The summed E-state index contributed by atoms with van der Waals surface area (Å²) in [5.74, 6) is -0.185. The molecule has 0 bridgehead atoms. The first-order valence-electron chi connectivity index (χ1n) is 10.2. The average molecular weight is 477 g/mol. The van der Waals surface area contributed by atoms with Gasteiger partial charge in [0.25, 0.3) is 10.0 Å². The highest BCUT2D eigenvalue weighted by molar-refractivity contribution is 7.92. The van der Waals surface area contributed by atoms with Crippen LogP contribution < -0.4 is 10.0 Å². The Morgan fingerprint density at radius 1 is 0.727 bits per heavy atom. The Kier molecular flexibility index (Phi) is 6.77. The van der Waals surface area contributed by atoms with Crippen molar-refractivity contribution >= 4 is 38.9 Å². The van der Waals surface area contributed by atoms with E-state index in [4.69, 9.17) is 11.6 Å². The first-order valence-corrected chi connectivity index (χ1v) is 12.1. The number of carbonyl (C=O) groups excluding carboxylic acids is 1. The maximum Gasteiger partial charge on any atom is 0.261 e. The van der Waals surface area contributed by atoms with Crippen LogP contribution in [0.1, 0.15) is 5.56 Å². The third-order valence-corrected chi connectivity index (χ3v) is 6.58. The molecule has 0 spiro atoms. The van der Waals surface area contributed by atoms with Crippen LogP contribution in [0, 0.1) is 0 Å². The van der Waals surface area contributed by atoms with Gasteiger partial charge in [0.1, 0.15) is 0 Å². The average Bonchev–Trinajstić information content (AvgIpc) is 2.80. The summed E-state index contributed by atoms with van der Waals surface area (Å²) in [7, 11) is -3.77. The van der Waals surface area contributed by atoms with E-state index < -0.39 is 10.0 Å². The molecule has 0 unspecified atom stereocenters. The lowest BCUT2D eigenvalue weighted by atomic mass is 10.0. The Bertz CT molecular complexity index is 1360. The van der Waals surface area contributed by atoms with Gasteiger partial charge in [0.2, 0.25) is 5.91 Å². The molecule has 1 amide bonds. The lowest BCUT2D eigenvalue weighted by Crippen LogP contribution is -2.15. The molecule has 4 aromatic carbocycles. The van der Waals surface area contributed by atoms with Crippen LogP contribution in [-0.4, -0.2) is 14.3 Å². The Labute approximate surface area is 198 Å². The first kappa shape index (κ1) is 22.6. The van der Waals surface area contributed by atoms with E-state index in [2.05, 4.69) is 10.0 Å². The van der Waals surface area contributed by atoms with Gasteiger partial charge < -0.3 is 5.32 Å². The quantitative estimate of drug-likeness (QED) is 0.344. The van der Waals surface area contributed by atoms with Gasteiger partial charge >= 0.3 is 0 Å². The van der Waals surface area contributed by atoms with E-state index in [1.165, 1.54) is 18.2 Å². The van der Waals surface area contributed by atoms with Gasteiger partial charge in [-0.1, -0.05) is 72.3 Å². The van der Waals surface area contributed by atoms with Crippen molar-refractivity contribution in [3.8, 4) is 11.1 Å². The predicted octanol–water partition coefficient (Wildman–Crippen LogP) is 5.99. The Morgan fingerprint density at radius 3 is 2.06 bits per heavy atom. The van der Waals surface area contributed by atoms with E-state index in [1.807, 2.05) is 54.6 Å². The maximum absolute atomic E-state index is 12.6. The molecule has 2 N–H and O–H groups in total. The molecular formula is C26H21ClN2O3S. The van der Waals surface area contributed by atoms with Gasteiger partial charge in [-0.3, -0.25) is 9.52 Å². The van der Waals surface area contributed by atoms with Gasteiger partial charge in [-0.05, 0) is 59.2 Å². The Morgan fingerprint density at radius 2 is 1.39 bits per heavy atom. The summed E-state index contributed by atoms with van der Waals surface area (Å²) >= 11 is 5.91. The fraction of sp³-hybridized carbons (Fsp3) is 0.0385. The maximum atomic E-state index is 12.6. The second-order valence-electron chi connectivity index (χ2n) is 7.43. The molecule has 4 aromatic rings. The zero-order valence-electron chi connectivity index (χ0n) is 17.5. The fourth-order valence-corrected chi connectivity index (χ4v) is 4.56. The molecule has 0 saturated heterocycles. The van der Waals surface area contributed by atoms with Crippen LogP contribution in [0.4, 0.5) is 11.4 Å². The molecule has 4 rings (SSSR count). The minimum absolute atomic E-state index is 0.0805. The van der Waals surface area contributed by atoms with Crippen molar-refractivity contribution in [2.24, 2.45) is 0 Å². The van der Waals surface area contributed by atoms with E-state index in [0.717, 1.165) is 16.7 Å². The summed E-state index contributed by atoms with van der Waals surface area (Å²) in [5.41, 5.74) is 3.98. The summed E-state index contributed by atoms with van der Waals surface area (Å²) in [4.78, 5) is 12.5. The van der Waals surface area contributed by atoms with Gasteiger partial charge in [-0.15, -0.1) is 0 Å². The summed E-state index contributed by atoms with van der Waals surface area (Å²) < 4.78 is 27.6. The third kappa shape index (κ3) is 6.00. The number of benzene rings is 4. The first-order chi connectivity index (χ1) is 15.9. The molecule has 0 radical (unpaired) electrons. The minimum atomic E-state index is -3.77. The molecule has 0 fully saturated rings. The van der Waals surface area contributed by atoms with Gasteiger partial charge in [-0.2, -0.15) is 0 Å².